The minimum Gasteiger partial charge on any atom is -0.451 e. The summed E-state index contributed by atoms with van der Waals surface area (Å²) in [5.41, 5.74) is 0.103. The lowest BCUT2D eigenvalue weighted by Gasteiger charge is -2.48. The Bertz CT molecular complexity index is 544. The lowest BCUT2D eigenvalue weighted by Crippen LogP contribution is -2.51. The van der Waals surface area contributed by atoms with Gasteiger partial charge in [0.1, 0.15) is 5.60 Å². The van der Waals surface area contributed by atoms with E-state index < -0.39 is 17.7 Å². The van der Waals surface area contributed by atoms with Gasteiger partial charge in [0.25, 0.3) is 0 Å². The molecule has 1 saturated carbocycles. The molecule has 0 spiro atoms. The maximum absolute atomic E-state index is 11.9. The van der Waals surface area contributed by atoms with Crippen molar-refractivity contribution in [1.29, 1.82) is 0 Å². The summed E-state index contributed by atoms with van der Waals surface area (Å²) in [5, 5.41) is 10.7. The number of allylic oxidation sites excluding steroid dienone is 1. The topological polar surface area (TPSA) is 63.6 Å². The van der Waals surface area contributed by atoms with Gasteiger partial charge >= 0.3 is 5.97 Å². The molecule has 0 bridgehead atoms. The molecule has 0 amide bonds. The van der Waals surface area contributed by atoms with Crippen LogP contribution in [0.2, 0.25) is 0 Å². The second-order valence-electron chi connectivity index (χ2n) is 6.21. The van der Waals surface area contributed by atoms with Gasteiger partial charge in [0.15, 0.2) is 11.9 Å². The number of hydrogen-bond acceptors (Lipinski definition) is 4. The largest absolute Gasteiger partial charge is 0.451 e. The van der Waals surface area contributed by atoms with Gasteiger partial charge in [-0.15, -0.1) is 0 Å². The van der Waals surface area contributed by atoms with Crippen LogP contribution in [0.25, 0.3) is 0 Å². The lowest BCUT2D eigenvalue weighted by molar-refractivity contribution is -0.142. The van der Waals surface area contributed by atoms with E-state index in [1.165, 1.54) is 0 Å². The number of hydrogen-bond donors (Lipinski definition) is 1. The molecule has 3 unspecified atom stereocenters. The van der Waals surface area contributed by atoms with Crippen molar-refractivity contribution >= 4 is 11.8 Å². The first-order valence-electron chi connectivity index (χ1n) is 6.67. The fraction of sp³-hybridized carbons (Fsp3) is 0.600. The van der Waals surface area contributed by atoms with Crippen LogP contribution in [0, 0.1) is 5.41 Å². The van der Waals surface area contributed by atoms with Gasteiger partial charge in [0.05, 0.1) is 5.57 Å². The summed E-state index contributed by atoms with van der Waals surface area (Å²) >= 11 is 0. The van der Waals surface area contributed by atoms with Crippen molar-refractivity contribution in [3.05, 3.63) is 23.3 Å². The van der Waals surface area contributed by atoms with Crippen molar-refractivity contribution in [2.45, 2.75) is 51.2 Å². The van der Waals surface area contributed by atoms with Crippen LogP contribution in [0.3, 0.4) is 0 Å². The molecule has 0 aromatic rings. The summed E-state index contributed by atoms with van der Waals surface area (Å²) in [4.78, 5) is 23.7. The Morgan fingerprint density at radius 2 is 2.00 bits per heavy atom. The van der Waals surface area contributed by atoms with E-state index in [9.17, 15) is 14.7 Å². The molecular weight excluding hydrogens is 244 g/mol. The summed E-state index contributed by atoms with van der Waals surface area (Å²) in [7, 11) is 0. The highest BCUT2D eigenvalue weighted by Gasteiger charge is 2.60. The first-order chi connectivity index (χ1) is 8.79. The molecule has 0 aromatic carbocycles. The monoisotopic (exact) mass is 262 g/mol. The number of ketones is 1. The summed E-state index contributed by atoms with van der Waals surface area (Å²) in [6, 6.07) is 0. The Morgan fingerprint density at radius 3 is 2.68 bits per heavy atom. The second-order valence-corrected chi connectivity index (χ2v) is 6.21. The maximum Gasteiger partial charge on any atom is 0.337 e. The molecule has 1 aliphatic heterocycles. The van der Waals surface area contributed by atoms with Crippen LogP contribution >= 0.6 is 0 Å². The van der Waals surface area contributed by atoms with E-state index in [-0.39, 0.29) is 16.8 Å². The molecule has 3 atom stereocenters. The number of aliphatic hydroxyl groups is 1. The zero-order chi connectivity index (χ0) is 14.0. The van der Waals surface area contributed by atoms with Crippen LogP contribution in [0.4, 0.5) is 0 Å². The normalized spacial score (nSPS) is 42.1. The van der Waals surface area contributed by atoms with Gasteiger partial charge in [0.2, 0.25) is 0 Å². The zero-order valence-electron chi connectivity index (χ0n) is 11.3. The Hall–Kier alpha value is -1.42. The van der Waals surface area contributed by atoms with Gasteiger partial charge in [-0.3, -0.25) is 4.79 Å². The Labute approximate surface area is 112 Å². The highest BCUT2D eigenvalue weighted by atomic mass is 16.6. The predicted molar refractivity (Wildman–Crippen MR) is 68.3 cm³/mol. The van der Waals surface area contributed by atoms with E-state index in [0.29, 0.717) is 18.4 Å². The standard InChI is InChI=1S/C15H18O4/c1-8-10(16)4-5-14(3)6-7-15(18)9(2)13(17)19-12(15)11(8)14/h12,18H,2,4-7H2,1,3H3. The highest BCUT2D eigenvalue weighted by molar-refractivity contribution is 5.98. The number of fused-ring (bicyclic) bond motifs is 3. The number of carbonyl (C=O) groups is 2. The molecule has 19 heavy (non-hydrogen) atoms. The van der Waals surface area contributed by atoms with Gasteiger partial charge < -0.3 is 9.84 Å². The van der Waals surface area contributed by atoms with Crippen molar-refractivity contribution in [1.82, 2.24) is 0 Å². The highest BCUT2D eigenvalue weighted by Crippen LogP contribution is 2.56. The number of ether oxygens (including phenoxy) is 1. The SMILES string of the molecule is C=C1C(=O)OC2C3=C(C)C(=O)CCC3(C)CCC12O. The van der Waals surface area contributed by atoms with E-state index in [0.717, 1.165) is 18.4 Å². The molecule has 1 N–H and O–H groups in total. The molecule has 2 fully saturated rings. The third-order valence-electron chi connectivity index (χ3n) is 5.12. The molecule has 3 aliphatic rings. The molecule has 0 aromatic heterocycles. The van der Waals surface area contributed by atoms with Gasteiger partial charge in [-0.1, -0.05) is 13.5 Å². The average molecular weight is 262 g/mol. The summed E-state index contributed by atoms with van der Waals surface area (Å²) in [6.45, 7) is 7.53. The third kappa shape index (κ3) is 1.43. The van der Waals surface area contributed by atoms with Crippen molar-refractivity contribution in [2.24, 2.45) is 5.41 Å². The first kappa shape index (κ1) is 12.6. The lowest BCUT2D eigenvalue weighted by atomic mass is 9.58. The average Bonchev–Trinajstić information content (AvgIpc) is 2.59. The van der Waals surface area contributed by atoms with Gasteiger partial charge in [-0.25, -0.2) is 4.79 Å². The van der Waals surface area contributed by atoms with Crippen molar-refractivity contribution in [3.8, 4) is 0 Å². The summed E-state index contributed by atoms with van der Waals surface area (Å²) in [5.74, 6) is -0.458. The molecule has 0 radical (unpaired) electrons. The fourth-order valence-electron chi connectivity index (χ4n) is 3.74. The van der Waals surface area contributed by atoms with Crippen LogP contribution in [0.1, 0.15) is 39.5 Å². The van der Waals surface area contributed by atoms with Crippen molar-refractivity contribution in [2.75, 3.05) is 0 Å². The van der Waals surface area contributed by atoms with Crippen molar-refractivity contribution < 1.29 is 19.4 Å². The number of carbonyl (C=O) groups excluding carboxylic acids is 2. The Morgan fingerprint density at radius 1 is 1.32 bits per heavy atom. The Balaban J connectivity index is 2.18. The second kappa shape index (κ2) is 3.57. The van der Waals surface area contributed by atoms with Crippen LogP contribution in [0.5, 0.6) is 0 Å². The van der Waals surface area contributed by atoms with Crippen LogP contribution in [-0.2, 0) is 14.3 Å². The van der Waals surface area contributed by atoms with Gasteiger partial charge in [-0.2, -0.15) is 0 Å². The van der Waals surface area contributed by atoms with Gasteiger partial charge in [-0.05, 0) is 42.7 Å². The van der Waals surface area contributed by atoms with E-state index in [2.05, 4.69) is 13.5 Å². The van der Waals surface area contributed by atoms with Crippen LogP contribution in [0.15, 0.2) is 23.3 Å². The van der Waals surface area contributed by atoms with E-state index in [1.54, 1.807) is 6.92 Å². The molecule has 2 aliphatic carbocycles. The van der Waals surface area contributed by atoms with E-state index >= 15 is 0 Å². The minimum atomic E-state index is -1.33. The molecule has 4 nitrogen and oxygen atoms in total. The van der Waals surface area contributed by atoms with E-state index in [4.69, 9.17) is 4.74 Å². The van der Waals surface area contributed by atoms with Crippen molar-refractivity contribution in [3.63, 3.8) is 0 Å². The zero-order valence-corrected chi connectivity index (χ0v) is 11.3. The third-order valence-corrected chi connectivity index (χ3v) is 5.12. The number of esters is 1. The number of Topliss-reactive ketones (excluding diaryl/α,β-unsaturated/α-hetero) is 1. The van der Waals surface area contributed by atoms with Crippen LogP contribution in [-0.4, -0.2) is 28.6 Å². The quantitative estimate of drug-likeness (QED) is 0.533. The smallest absolute Gasteiger partial charge is 0.337 e. The molecular formula is C15H18O4. The predicted octanol–water partition coefficient (Wildman–Crippen LogP) is 1.68. The van der Waals surface area contributed by atoms with Gasteiger partial charge in [0, 0.05) is 6.42 Å². The van der Waals surface area contributed by atoms with E-state index in [1.807, 2.05) is 0 Å². The molecule has 1 saturated heterocycles. The summed E-state index contributed by atoms with van der Waals surface area (Å²) in [6.07, 6.45) is 1.77. The number of rotatable bonds is 0. The minimum absolute atomic E-state index is 0.0882. The first-order valence-corrected chi connectivity index (χ1v) is 6.67. The van der Waals surface area contributed by atoms with Crippen LogP contribution < -0.4 is 0 Å². The molecule has 3 rings (SSSR count). The Kier molecular flexibility index (Phi) is 2.37. The summed E-state index contributed by atoms with van der Waals surface area (Å²) < 4.78 is 5.34. The molecule has 102 valence electrons. The molecule has 4 heteroatoms. The fourth-order valence-corrected chi connectivity index (χ4v) is 3.74. The maximum atomic E-state index is 11.9. The molecule has 1 heterocycles.